The van der Waals surface area contributed by atoms with E-state index in [0.717, 1.165) is 41.1 Å². The average Bonchev–Trinajstić information content (AvgIpc) is 3.07. The van der Waals surface area contributed by atoms with E-state index in [9.17, 15) is 0 Å². The number of aromatic amines is 1. The lowest BCUT2D eigenvalue weighted by atomic mass is 10.0. The number of aromatic nitrogens is 3. The van der Waals surface area contributed by atoms with Crippen LogP contribution in [-0.2, 0) is 13.1 Å². The number of methoxy groups -OCH3 is 1. The molecule has 3 heterocycles. The van der Waals surface area contributed by atoms with Gasteiger partial charge in [-0.25, -0.2) is 4.98 Å². The van der Waals surface area contributed by atoms with Crippen molar-refractivity contribution < 1.29 is 4.74 Å². The summed E-state index contributed by atoms with van der Waals surface area (Å²) >= 11 is 0. The van der Waals surface area contributed by atoms with Crippen molar-refractivity contribution in [3.05, 3.63) is 78.2 Å². The van der Waals surface area contributed by atoms with Gasteiger partial charge in [-0.05, 0) is 66.7 Å². The van der Waals surface area contributed by atoms with Gasteiger partial charge in [-0.2, -0.15) is 0 Å². The maximum atomic E-state index is 5.29. The summed E-state index contributed by atoms with van der Waals surface area (Å²) in [7, 11) is 3.81. The molecular weight excluding hydrogens is 336 g/mol. The number of nitrogens with zero attached hydrogens (tertiary/aromatic N) is 3. The molecule has 1 N–H and O–H groups in total. The van der Waals surface area contributed by atoms with Crippen molar-refractivity contribution in [3.63, 3.8) is 0 Å². The third kappa shape index (κ3) is 3.68. The zero-order chi connectivity index (χ0) is 18.6. The van der Waals surface area contributed by atoms with Crippen LogP contribution in [0.2, 0.25) is 0 Å². The van der Waals surface area contributed by atoms with Gasteiger partial charge in [0.15, 0.2) is 0 Å². The predicted molar refractivity (Wildman–Crippen MR) is 107 cm³/mol. The maximum Gasteiger partial charge on any atom is 0.138 e. The van der Waals surface area contributed by atoms with Gasteiger partial charge < -0.3 is 9.72 Å². The third-order valence-electron chi connectivity index (χ3n) is 4.69. The van der Waals surface area contributed by atoms with Crippen molar-refractivity contribution in [2.45, 2.75) is 13.1 Å². The minimum absolute atomic E-state index is 0.815. The third-order valence-corrected chi connectivity index (χ3v) is 4.69. The lowest BCUT2D eigenvalue weighted by Crippen LogP contribution is -2.17. The van der Waals surface area contributed by atoms with Gasteiger partial charge in [0.2, 0.25) is 0 Å². The molecule has 0 bridgehead atoms. The molecule has 0 saturated carbocycles. The summed E-state index contributed by atoms with van der Waals surface area (Å²) in [5, 5.41) is 1.16. The largest absolute Gasteiger partial charge is 0.497 e. The molecule has 4 rings (SSSR count). The highest BCUT2D eigenvalue weighted by atomic mass is 16.5. The fraction of sp³-hybridized carbons (Fsp3) is 0.182. The zero-order valence-corrected chi connectivity index (χ0v) is 15.5. The number of benzene rings is 1. The molecule has 1 aromatic carbocycles. The standard InChI is InChI=1S/C22H22N4O/c1-26(14-16-9-12-23-13-10-16)15-20-19-4-3-11-24-22(19)25-21(20)17-5-7-18(27-2)8-6-17/h3-13H,14-15H2,1-2H3,(H,24,25). The summed E-state index contributed by atoms with van der Waals surface area (Å²) in [6.07, 6.45) is 5.49. The van der Waals surface area contributed by atoms with Crippen LogP contribution in [0.15, 0.2) is 67.1 Å². The van der Waals surface area contributed by atoms with Gasteiger partial charge >= 0.3 is 0 Å². The Balaban J connectivity index is 1.69. The highest BCUT2D eigenvalue weighted by molar-refractivity contribution is 5.88. The molecule has 0 unspecified atom stereocenters. The fourth-order valence-corrected chi connectivity index (χ4v) is 3.37. The van der Waals surface area contributed by atoms with Crippen molar-refractivity contribution in [3.8, 4) is 17.0 Å². The zero-order valence-electron chi connectivity index (χ0n) is 15.5. The lowest BCUT2D eigenvalue weighted by Gasteiger charge is -2.17. The number of ether oxygens (including phenoxy) is 1. The molecule has 5 nitrogen and oxygen atoms in total. The Hall–Kier alpha value is -3.18. The van der Waals surface area contributed by atoms with Crippen LogP contribution in [0.3, 0.4) is 0 Å². The van der Waals surface area contributed by atoms with E-state index in [2.05, 4.69) is 57.2 Å². The van der Waals surface area contributed by atoms with Gasteiger partial charge in [0, 0.05) is 42.6 Å². The summed E-state index contributed by atoms with van der Waals surface area (Å²) in [5.74, 6) is 0.851. The highest BCUT2D eigenvalue weighted by Gasteiger charge is 2.15. The smallest absolute Gasteiger partial charge is 0.138 e. The number of fused-ring (bicyclic) bond motifs is 1. The predicted octanol–water partition coefficient (Wildman–Crippen LogP) is 4.27. The average molecular weight is 358 g/mol. The second kappa shape index (κ2) is 7.60. The van der Waals surface area contributed by atoms with E-state index < -0.39 is 0 Å². The Bertz CT molecular complexity index is 1030. The van der Waals surface area contributed by atoms with Gasteiger partial charge in [-0.1, -0.05) is 0 Å². The first-order valence-electron chi connectivity index (χ1n) is 8.92. The highest BCUT2D eigenvalue weighted by Crippen LogP contribution is 2.31. The maximum absolute atomic E-state index is 5.29. The van der Waals surface area contributed by atoms with Crippen molar-refractivity contribution in [2.75, 3.05) is 14.2 Å². The molecule has 0 aliphatic carbocycles. The van der Waals surface area contributed by atoms with Gasteiger partial charge in [-0.15, -0.1) is 0 Å². The summed E-state index contributed by atoms with van der Waals surface area (Å²) < 4.78 is 5.29. The monoisotopic (exact) mass is 358 g/mol. The van der Waals surface area contributed by atoms with Crippen LogP contribution in [0.5, 0.6) is 5.75 Å². The van der Waals surface area contributed by atoms with Crippen LogP contribution in [0.1, 0.15) is 11.1 Å². The molecule has 0 fully saturated rings. The number of hydrogen-bond acceptors (Lipinski definition) is 4. The molecule has 0 radical (unpaired) electrons. The molecular formula is C22H22N4O. The Morgan fingerprint density at radius 3 is 2.48 bits per heavy atom. The summed E-state index contributed by atoms with van der Waals surface area (Å²) in [5.41, 5.74) is 5.64. The molecule has 0 saturated heterocycles. The second-order valence-corrected chi connectivity index (χ2v) is 6.63. The first-order chi connectivity index (χ1) is 13.2. The number of hydrogen-bond donors (Lipinski definition) is 1. The van der Waals surface area contributed by atoms with Gasteiger partial charge in [0.25, 0.3) is 0 Å². The Labute approximate surface area is 158 Å². The number of rotatable bonds is 6. The summed E-state index contributed by atoms with van der Waals surface area (Å²) in [4.78, 5) is 14.4. The minimum atomic E-state index is 0.815. The molecule has 136 valence electrons. The van der Waals surface area contributed by atoms with Gasteiger partial charge in [-0.3, -0.25) is 9.88 Å². The Morgan fingerprint density at radius 1 is 0.963 bits per heavy atom. The van der Waals surface area contributed by atoms with E-state index >= 15 is 0 Å². The first kappa shape index (κ1) is 17.2. The molecule has 4 aromatic rings. The van der Waals surface area contributed by atoms with E-state index in [1.807, 2.05) is 36.8 Å². The van der Waals surface area contributed by atoms with E-state index in [1.165, 1.54) is 11.1 Å². The lowest BCUT2D eigenvalue weighted by molar-refractivity contribution is 0.320. The normalized spacial score (nSPS) is 11.2. The first-order valence-corrected chi connectivity index (χ1v) is 8.92. The molecule has 27 heavy (non-hydrogen) atoms. The summed E-state index contributed by atoms with van der Waals surface area (Å²) in [6, 6.07) is 16.3. The molecule has 3 aromatic heterocycles. The van der Waals surface area contributed by atoms with Crippen LogP contribution in [0.25, 0.3) is 22.3 Å². The Kier molecular flexibility index (Phi) is 4.85. The molecule has 0 spiro atoms. The molecule has 0 atom stereocenters. The number of pyridine rings is 2. The Morgan fingerprint density at radius 2 is 1.74 bits per heavy atom. The summed E-state index contributed by atoms with van der Waals surface area (Å²) in [6.45, 7) is 1.67. The van der Waals surface area contributed by atoms with Gasteiger partial charge in [0.05, 0.1) is 12.8 Å². The fourth-order valence-electron chi connectivity index (χ4n) is 3.37. The molecule has 5 heteroatoms. The van der Waals surface area contributed by atoms with Crippen molar-refractivity contribution in [2.24, 2.45) is 0 Å². The van der Waals surface area contributed by atoms with Crippen LogP contribution >= 0.6 is 0 Å². The van der Waals surface area contributed by atoms with Crippen LogP contribution in [-0.4, -0.2) is 34.0 Å². The van der Waals surface area contributed by atoms with E-state index in [4.69, 9.17) is 4.74 Å². The van der Waals surface area contributed by atoms with Crippen molar-refractivity contribution in [1.82, 2.24) is 19.9 Å². The van der Waals surface area contributed by atoms with E-state index in [-0.39, 0.29) is 0 Å². The number of nitrogens with one attached hydrogen (secondary N) is 1. The molecule has 0 amide bonds. The molecule has 0 aliphatic heterocycles. The van der Waals surface area contributed by atoms with E-state index in [1.54, 1.807) is 7.11 Å². The van der Waals surface area contributed by atoms with Crippen LogP contribution in [0.4, 0.5) is 0 Å². The van der Waals surface area contributed by atoms with Crippen LogP contribution < -0.4 is 4.74 Å². The van der Waals surface area contributed by atoms with Crippen molar-refractivity contribution >= 4 is 11.0 Å². The van der Waals surface area contributed by atoms with Crippen LogP contribution in [0, 0.1) is 0 Å². The minimum Gasteiger partial charge on any atom is -0.497 e. The second-order valence-electron chi connectivity index (χ2n) is 6.63. The van der Waals surface area contributed by atoms with Crippen molar-refractivity contribution in [1.29, 1.82) is 0 Å². The molecule has 0 aliphatic rings. The SMILES string of the molecule is COc1ccc(-c2[nH]c3ncccc3c2CN(C)Cc2ccncc2)cc1. The topological polar surface area (TPSA) is 54.0 Å². The van der Waals surface area contributed by atoms with Gasteiger partial charge in [0.1, 0.15) is 11.4 Å². The van der Waals surface area contributed by atoms with E-state index in [0.29, 0.717) is 0 Å². The number of H-pyrrole nitrogens is 1. The quantitative estimate of drug-likeness (QED) is 0.559.